The predicted molar refractivity (Wildman–Crippen MR) is 99.9 cm³/mol. The summed E-state index contributed by atoms with van der Waals surface area (Å²) in [7, 11) is 0. The largest absolute Gasteiger partial charge is 0.481 e. The fraction of sp³-hybridized carbons (Fsp3) is 0.333. The van der Waals surface area contributed by atoms with Crippen LogP contribution in [0.2, 0.25) is 0 Å². The van der Waals surface area contributed by atoms with Crippen molar-refractivity contribution in [2.75, 3.05) is 11.1 Å². The molecule has 6 nitrogen and oxygen atoms in total. The van der Waals surface area contributed by atoms with Crippen LogP contribution in [0.3, 0.4) is 0 Å². The van der Waals surface area contributed by atoms with Crippen molar-refractivity contribution in [3.05, 3.63) is 30.4 Å². The van der Waals surface area contributed by atoms with E-state index in [0.29, 0.717) is 11.4 Å². The van der Waals surface area contributed by atoms with Gasteiger partial charge in [-0.1, -0.05) is 23.9 Å². The molecule has 4 rings (SSSR count). The van der Waals surface area contributed by atoms with Gasteiger partial charge in [0.1, 0.15) is 0 Å². The molecule has 4 atom stereocenters. The third-order valence-corrected chi connectivity index (χ3v) is 6.97. The minimum atomic E-state index is -0.904. The van der Waals surface area contributed by atoms with E-state index in [4.69, 9.17) is 5.26 Å². The lowest BCUT2D eigenvalue weighted by Gasteiger charge is -2.23. The molecule has 0 aliphatic heterocycles. The van der Waals surface area contributed by atoms with Gasteiger partial charge < -0.3 is 10.4 Å². The minimum Gasteiger partial charge on any atom is -0.481 e. The van der Waals surface area contributed by atoms with Crippen LogP contribution in [0.5, 0.6) is 0 Å². The third kappa shape index (κ3) is 2.97. The predicted octanol–water partition coefficient (Wildman–Crippen LogP) is 3.37. The molecular formula is C18H15N3O3S2. The second-order valence-corrected chi connectivity index (χ2v) is 8.69. The van der Waals surface area contributed by atoms with E-state index >= 15 is 0 Å². The second kappa shape index (κ2) is 6.74. The first-order valence-electron chi connectivity index (χ1n) is 8.19. The van der Waals surface area contributed by atoms with Gasteiger partial charge in [-0.3, -0.25) is 9.59 Å². The Kier molecular flexibility index (Phi) is 4.42. The Labute approximate surface area is 157 Å². The first kappa shape index (κ1) is 17.1. The fourth-order valence-corrected chi connectivity index (χ4v) is 5.65. The maximum Gasteiger partial charge on any atom is 0.307 e. The van der Waals surface area contributed by atoms with Crippen molar-refractivity contribution < 1.29 is 14.7 Å². The fourth-order valence-electron chi connectivity index (χ4n) is 3.88. The molecule has 0 spiro atoms. The van der Waals surface area contributed by atoms with Gasteiger partial charge in [-0.2, -0.15) is 5.26 Å². The number of thioether (sulfide) groups is 1. The molecule has 1 heterocycles. The SMILES string of the molecule is N#CCSc1nc2ccc(NC(=O)[C@@H]3[C@H](C(=O)O)[C@H]4C=C[C@H]3C4)cc2s1. The van der Waals surface area contributed by atoms with E-state index in [1.807, 2.05) is 24.3 Å². The van der Waals surface area contributed by atoms with E-state index in [1.54, 1.807) is 6.07 Å². The Morgan fingerprint density at radius 1 is 1.35 bits per heavy atom. The van der Waals surface area contributed by atoms with E-state index < -0.39 is 17.8 Å². The van der Waals surface area contributed by atoms with E-state index in [2.05, 4.69) is 16.4 Å². The van der Waals surface area contributed by atoms with Crippen molar-refractivity contribution in [2.24, 2.45) is 23.7 Å². The first-order valence-corrected chi connectivity index (χ1v) is 9.99. The zero-order valence-electron chi connectivity index (χ0n) is 13.6. The molecule has 0 radical (unpaired) electrons. The summed E-state index contributed by atoms with van der Waals surface area (Å²) in [6, 6.07) is 7.52. The molecule has 2 N–H and O–H groups in total. The highest BCUT2D eigenvalue weighted by molar-refractivity contribution is 8.01. The minimum absolute atomic E-state index is 0.00206. The monoisotopic (exact) mass is 385 g/mol. The number of aliphatic carboxylic acids is 1. The van der Waals surface area contributed by atoms with E-state index in [9.17, 15) is 14.7 Å². The number of nitrogens with one attached hydrogen (secondary N) is 1. The summed E-state index contributed by atoms with van der Waals surface area (Å²) in [4.78, 5) is 28.8. The number of amides is 1. The molecule has 1 aromatic carbocycles. The van der Waals surface area contributed by atoms with E-state index in [0.717, 1.165) is 21.0 Å². The second-order valence-electron chi connectivity index (χ2n) is 6.44. The van der Waals surface area contributed by atoms with Gasteiger partial charge in [-0.15, -0.1) is 11.3 Å². The van der Waals surface area contributed by atoms with Crippen molar-refractivity contribution in [1.82, 2.24) is 4.98 Å². The van der Waals surface area contributed by atoms with Gasteiger partial charge in [-0.25, -0.2) is 4.98 Å². The quantitative estimate of drug-likeness (QED) is 0.604. The highest BCUT2D eigenvalue weighted by Gasteiger charge is 2.51. The Balaban J connectivity index is 1.53. The van der Waals surface area contributed by atoms with Crippen molar-refractivity contribution in [2.45, 2.75) is 10.8 Å². The van der Waals surface area contributed by atoms with Crippen molar-refractivity contribution >= 4 is 50.9 Å². The Bertz CT molecular complexity index is 962. The first-order chi connectivity index (χ1) is 12.6. The van der Waals surface area contributed by atoms with Crippen LogP contribution in [0, 0.1) is 35.0 Å². The summed E-state index contributed by atoms with van der Waals surface area (Å²) in [5, 5.41) is 21.0. The Hall–Kier alpha value is -2.37. The lowest BCUT2D eigenvalue weighted by atomic mass is 9.82. The van der Waals surface area contributed by atoms with Crippen LogP contribution in [-0.2, 0) is 9.59 Å². The maximum atomic E-state index is 12.7. The summed E-state index contributed by atoms with van der Waals surface area (Å²) < 4.78 is 1.74. The molecule has 8 heteroatoms. The topological polar surface area (TPSA) is 103 Å². The summed E-state index contributed by atoms with van der Waals surface area (Å²) in [5.41, 5.74) is 1.46. The summed E-state index contributed by atoms with van der Waals surface area (Å²) in [6.07, 6.45) is 4.64. The molecule has 26 heavy (non-hydrogen) atoms. The third-order valence-electron chi connectivity index (χ3n) is 4.94. The number of thiazole rings is 1. The van der Waals surface area contributed by atoms with Gasteiger partial charge in [-0.05, 0) is 36.5 Å². The molecule has 0 unspecified atom stereocenters. The van der Waals surface area contributed by atoms with Crippen LogP contribution < -0.4 is 5.32 Å². The number of fused-ring (bicyclic) bond motifs is 3. The summed E-state index contributed by atoms with van der Waals surface area (Å²) >= 11 is 2.86. The average molecular weight is 385 g/mol. The number of nitriles is 1. The van der Waals surface area contributed by atoms with Crippen molar-refractivity contribution in [3.8, 4) is 6.07 Å². The highest BCUT2D eigenvalue weighted by atomic mass is 32.2. The summed E-state index contributed by atoms with van der Waals surface area (Å²) in [6.45, 7) is 0. The molecule has 1 amide bonds. The number of hydrogen-bond donors (Lipinski definition) is 2. The van der Waals surface area contributed by atoms with Crippen LogP contribution in [0.4, 0.5) is 5.69 Å². The smallest absolute Gasteiger partial charge is 0.307 e. The number of carbonyl (C=O) groups is 2. The molecule has 1 saturated carbocycles. The number of aromatic nitrogens is 1. The van der Waals surface area contributed by atoms with E-state index in [-0.39, 0.29) is 17.7 Å². The van der Waals surface area contributed by atoms with Gasteiger partial charge in [0.25, 0.3) is 0 Å². The number of anilines is 1. The summed E-state index contributed by atoms with van der Waals surface area (Å²) in [5.74, 6) is -2.01. The molecule has 132 valence electrons. The number of rotatable bonds is 5. The van der Waals surface area contributed by atoms with Gasteiger partial charge >= 0.3 is 5.97 Å². The number of hydrogen-bond acceptors (Lipinski definition) is 6. The Morgan fingerprint density at radius 3 is 2.85 bits per heavy atom. The molecule has 1 fully saturated rings. The Morgan fingerprint density at radius 2 is 2.12 bits per heavy atom. The van der Waals surface area contributed by atoms with Gasteiger partial charge in [0.15, 0.2) is 4.34 Å². The van der Waals surface area contributed by atoms with Crippen LogP contribution >= 0.6 is 23.1 Å². The zero-order chi connectivity index (χ0) is 18.3. The van der Waals surface area contributed by atoms with Crippen LogP contribution in [0.25, 0.3) is 10.2 Å². The van der Waals surface area contributed by atoms with Crippen molar-refractivity contribution in [1.29, 1.82) is 5.26 Å². The zero-order valence-corrected chi connectivity index (χ0v) is 15.2. The lowest BCUT2D eigenvalue weighted by Crippen LogP contribution is -2.36. The van der Waals surface area contributed by atoms with Gasteiger partial charge in [0.05, 0.1) is 33.9 Å². The number of carboxylic acid groups (broad SMARTS) is 1. The number of carbonyl (C=O) groups excluding carboxylic acids is 1. The molecule has 2 aliphatic carbocycles. The number of nitrogens with zero attached hydrogens (tertiary/aromatic N) is 2. The number of benzene rings is 1. The maximum absolute atomic E-state index is 12.7. The van der Waals surface area contributed by atoms with Crippen LogP contribution in [-0.4, -0.2) is 27.7 Å². The number of allylic oxidation sites excluding steroid dienone is 2. The average Bonchev–Trinajstić information content (AvgIpc) is 3.32. The lowest BCUT2D eigenvalue weighted by molar-refractivity contribution is -0.146. The normalized spacial score (nSPS) is 26.1. The van der Waals surface area contributed by atoms with Gasteiger partial charge in [0.2, 0.25) is 5.91 Å². The van der Waals surface area contributed by atoms with E-state index in [1.165, 1.54) is 23.1 Å². The standard InChI is InChI=1S/C18H15N3O3S2/c19-5-6-25-18-21-12-4-3-11(8-13(12)26-18)20-16(22)14-9-1-2-10(7-9)15(14)17(23)24/h1-4,8-10,14-15H,6-7H2,(H,20,22)(H,23,24)/t9-,10-,14-,15+/m0/s1. The van der Waals surface area contributed by atoms with Crippen LogP contribution in [0.1, 0.15) is 6.42 Å². The number of carboxylic acids is 1. The molecule has 2 aliphatic rings. The molecule has 2 bridgehead atoms. The highest BCUT2D eigenvalue weighted by Crippen LogP contribution is 2.48. The van der Waals surface area contributed by atoms with Gasteiger partial charge in [0, 0.05) is 5.69 Å². The van der Waals surface area contributed by atoms with Crippen molar-refractivity contribution in [3.63, 3.8) is 0 Å². The molecule has 1 aromatic heterocycles. The molecule has 0 saturated heterocycles. The molecule has 2 aromatic rings. The molecular weight excluding hydrogens is 370 g/mol. The van der Waals surface area contributed by atoms with Crippen LogP contribution in [0.15, 0.2) is 34.7 Å².